The molecule has 0 aromatic heterocycles. The molecule has 0 radical (unpaired) electrons. The number of rotatable bonds is 6. The minimum Gasteiger partial charge on any atom is -0.504 e. The molecule has 3 N–H and O–H groups in total. The van der Waals surface area contributed by atoms with Gasteiger partial charge in [-0.3, -0.25) is 4.79 Å². The van der Waals surface area contributed by atoms with E-state index in [2.05, 4.69) is 0 Å². The Kier molecular flexibility index (Phi) is 4.36. The van der Waals surface area contributed by atoms with E-state index in [1.807, 2.05) is 0 Å². The summed E-state index contributed by atoms with van der Waals surface area (Å²) in [4.78, 5) is 21.1. The summed E-state index contributed by atoms with van der Waals surface area (Å²) in [5.74, 6) is -2.94. The van der Waals surface area contributed by atoms with Gasteiger partial charge >= 0.3 is 11.9 Å². The summed E-state index contributed by atoms with van der Waals surface area (Å²) in [5, 5.41) is 26.9. The average molecular weight is 256 g/mol. The number of carboxylic acids is 2. The first-order valence-electron chi connectivity index (χ1n) is 4.95. The predicted octanol–water partition coefficient (Wildman–Crippen LogP) is 0.952. The van der Waals surface area contributed by atoms with Crippen molar-refractivity contribution in [2.24, 2.45) is 0 Å². The fourth-order valence-electron chi connectivity index (χ4n) is 1.28. The Morgan fingerprint density at radius 2 is 1.94 bits per heavy atom. The van der Waals surface area contributed by atoms with Crippen LogP contribution in [0, 0.1) is 0 Å². The number of aliphatic carboxylic acids is 1. The lowest BCUT2D eigenvalue weighted by molar-refractivity contribution is -0.137. The van der Waals surface area contributed by atoms with E-state index in [1.54, 1.807) is 0 Å². The van der Waals surface area contributed by atoms with Crippen LogP contribution in [-0.2, 0) is 4.79 Å². The zero-order valence-corrected chi connectivity index (χ0v) is 9.54. The van der Waals surface area contributed by atoms with Crippen LogP contribution in [0.4, 0.5) is 0 Å². The molecule has 0 aliphatic heterocycles. The van der Waals surface area contributed by atoms with Crippen LogP contribution in [0.2, 0.25) is 0 Å². The normalized spacial score (nSPS) is 9.83. The molecule has 0 heterocycles. The summed E-state index contributed by atoms with van der Waals surface area (Å²) < 4.78 is 9.93. The van der Waals surface area contributed by atoms with Gasteiger partial charge in [0.2, 0.25) is 5.75 Å². The van der Waals surface area contributed by atoms with E-state index in [-0.39, 0.29) is 30.1 Å². The third-order valence-corrected chi connectivity index (χ3v) is 2.10. The fraction of sp³-hybridized carbons (Fsp3) is 0.273. The molecular weight excluding hydrogens is 244 g/mol. The second kappa shape index (κ2) is 5.76. The van der Waals surface area contributed by atoms with Crippen molar-refractivity contribution in [3.05, 3.63) is 17.7 Å². The van der Waals surface area contributed by atoms with E-state index < -0.39 is 17.7 Å². The summed E-state index contributed by atoms with van der Waals surface area (Å²) in [6.45, 7) is -0.114. The van der Waals surface area contributed by atoms with Gasteiger partial charge in [-0.1, -0.05) is 0 Å². The molecule has 1 aromatic rings. The largest absolute Gasteiger partial charge is 0.504 e. The van der Waals surface area contributed by atoms with E-state index in [0.29, 0.717) is 0 Å². The number of benzene rings is 1. The standard InChI is InChI=1S/C11H12O7/c1-17-10-7(18-5-4-8(12)13)3-2-6(9(10)14)11(15)16/h2-3,14H,4-5H2,1H3,(H,12,13)(H,15,16). The molecule has 0 unspecified atom stereocenters. The first-order chi connectivity index (χ1) is 8.47. The van der Waals surface area contributed by atoms with Crippen molar-refractivity contribution in [1.29, 1.82) is 0 Å². The highest BCUT2D eigenvalue weighted by Gasteiger charge is 2.18. The van der Waals surface area contributed by atoms with E-state index in [0.717, 1.165) is 6.07 Å². The van der Waals surface area contributed by atoms with Gasteiger partial charge in [-0.05, 0) is 12.1 Å². The second-order valence-electron chi connectivity index (χ2n) is 3.29. The van der Waals surface area contributed by atoms with Crippen LogP contribution in [0.5, 0.6) is 17.2 Å². The Balaban J connectivity index is 2.96. The molecule has 1 aromatic carbocycles. The smallest absolute Gasteiger partial charge is 0.339 e. The number of aromatic carboxylic acids is 1. The first kappa shape index (κ1) is 13.6. The highest BCUT2D eigenvalue weighted by molar-refractivity contribution is 5.92. The van der Waals surface area contributed by atoms with Crippen molar-refractivity contribution in [1.82, 2.24) is 0 Å². The highest BCUT2D eigenvalue weighted by atomic mass is 16.5. The van der Waals surface area contributed by atoms with Crippen LogP contribution in [0.15, 0.2) is 12.1 Å². The molecule has 0 spiro atoms. The lowest BCUT2D eigenvalue weighted by Gasteiger charge is -2.12. The Morgan fingerprint density at radius 1 is 1.28 bits per heavy atom. The maximum absolute atomic E-state index is 10.8. The third kappa shape index (κ3) is 3.03. The van der Waals surface area contributed by atoms with Crippen molar-refractivity contribution in [2.45, 2.75) is 6.42 Å². The topological polar surface area (TPSA) is 113 Å². The molecule has 7 heteroatoms. The molecular formula is C11H12O7. The molecule has 18 heavy (non-hydrogen) atoms. The van der Waals surface area contributed by atoms with Gasteiger partial charge in [0.15, 0.2) is 11.5 Å². The predicted molar refractivity (Wildman–Crippen MR) is 59.4 cm³/mol. The quantitative estimate of drug-likeness (QED) is 0.694. The zero-order chi connectivity index (χ0) is 13.7. The number of ether oxygens (including phenoxy) is 2. The lowest BCUT2D eigenvalue weighted by atomic mass is 10.1. The van der Waals surface area contributed by atoms with Crippen LogP contribution in [0.3, 0.4) is 0 Å². The van der Waals surface area contributed by atoms with Crippen molar-refractivity contribution < 1.29 is 34.4 Å². The Hall–Kier alpha value is -2.44. The number of carbonyl (C=O) groups is 2. The molecule has 0 saturated heterocycles. The zero-order valence-electron chi connectivity index (χ0n) is 9.54. The molecule has 0 bridgehead atoms. The fourth-order valence-corrected chi connectivity index (χ4v) is 1.28. The minimum atomic E-state index is -1.30. The van der Waals surface area contributed by atoms with Crippen LogP contribution in [0.1, 0.15) is 16.8 Å². The monoisotopic (exact) mass is 256 g/mol. The highest BCUT2D eigenvalue weighted by Crippen LogP contribution is 2.39. The Labute approximate surface area is 102 Å². The van der Waals surface area contributed by atoms with Gasteiger partial charge in [-0.2, -0.15) is 0 Å². The molecule has 0 saturated carbocycles. The van der Waals surface area contributed by atoms with Crippen molar-refractivity contribution in [3.8, 4) is 17.2 Å². The summed E-state index contributed by atoms with van der Waals surface area (Å²) >= 11 is 0. The number of aromatic hydroxyl groups is 1. The average Bonchev–Trinajstić information content (AvgIpc) is 2.28. The Bertz CT molecular complexity index is 467. The van der Waals surface area contributed by atoms with Crippen molar-refractivity contribution in [2.75, 3.05) is 13.7 Å². The van der Waals surface area contributed by atoms with E-state index in [9.17, 15) is 14.7 Å². The van der Waals surface area contributed by atoms with Crippen molar-refractivity contribution >= 4 is 11.9 Å². The second-order valence-corrected chi connectivity index (χ2v) is 3.29. The van der Waals surface area contributed by atoms with Gasteiger partial charge in [0.1, 0.15) is 5.56 Å². The SMILES string of the molecule is COc1c(OCCC(=O)O)ccc(C(=O)O)c1O. The number of phenols is 1. The van der Waals surface area contributed by atoms with Crippen molar-refractivity contribution in [3.63, 3.8) is 0 Å². The van der Waals surface area contributed by atoms with Crippen LogP contribution >= 0.6 is 0 Å². The Morgan fingerprint density at radius 3 is 2.44 bits per heavy atom. The lowest BCUT2D eigenvalue weighted by Crippen LogP contribution is -2.06. The van der Waals surface area contributed by atoms with E-state index in [4.69, 9.17) is 19.7 Å². The summed E-state index contributed by atoms with van der Waals surface area (Å²) in [6, 6.07) is 2.44. The summed E-state index contributed by atoms with van der Waals surface area (Å²) in [7, 11) is 1.24. The summed E-state index contributed by atoms with van der Waals surface area (Å²) in [5.41, 5.74) is -0.322. The minimum absolute atomic E-state index is 0.0845. The number of carboxylic acid groups (broad SMARTS) is 2. The first-order valence-corrected chi connectivity index (χ1v) is 4.95. The van der Waals surface area contributed by atoms with Gasteiger partial charge in [-0.25, -0.2) is 4.79 Å². The van der Waals surface area contributed by atoms with Crippen LogP contribution in [-0.4, -0.2) is 41.0 Å². The molecule has 1 rings (SSSR count). The molecule has 0 aliphatic rings. The van der Waals surface area contributed by atoms with Gasteiger partial charge in [0.25, 0.3) is 0 Å². The van der Waals surface area contributed by atoms with Gasteiger partial charge in [0, 0.05) is 0 Å². The van der Waals surface area contributed by atoms with Crippen LogP contribution in [0.25, 0.3) is 0 Å². The molecule has 7 nitrogen and oxygen atoms in total. The molecule has 0 aliphatic carbocycles. The third-order valence-electron chi connectivity index (χ3n) is 2.10. The molecule has 0 fully saturated rings. The molecule has 0 atom stereocenters. The van der Waals surface area contributed by atoms with Gasteiger partial charge in [0.05, 0.1) is 20.1 Å². The van der Waals surface area contributed by atoms with E-state index >= 15 is 0 Å². The van der Waals surface area contributed by atoms with Gasteiger partial charge < -0.3 is 24.8 Å². The van der Waals surface area contributed by atoms with Gasteiger partial charge in [-0.15, -0.1) is 0 Å². The maximum atomic E-state index is 10.8. The molecule has 98 valence electrons. The van der Waals surface area contributed by atoms with Crippen LogP contribution < -0.4 is 9.47 Å². The number of hydrogen-bond donors (Lipinski definition) is 3. The van der Waals surface area contributed by atoms with E-state index in [1.165, 1.54) is 13.2 Å². The molecule has 0 amide bonds. The maximum Gasteiger partial charge on any atom is 0.339 e. The number of hydrogen-bond acceptors (Lipinski definition) is 5. The summed E-state index contributed by atoms with van der Waals surface area (Å²) in [6.07, 6.45) is -0.218. The number of methoxy groups -OCH3 is 1.